The van der Waals surface area contributed by atoms with E-state index in [-0.39, 0.29) is 13.2 Å². The summed E-state index contributed by atoms with van der Waals surface area (Å²) in [5.74, 6) is 1.88. The summed E-state index contributed by atoms with van der Waals surface area (Å²) in [6.07, 6.45) is 7.96. The number of hydrogen-bond acceptors (Lipinski definition) is 3. The Morgan fingerprint density at radius 1 is 1.06 bits per heavy atom. The molecular weight excluding hydrogens is 202 g/mol. The molecule has 94 valence electrons. The Hall–Kier alpha value is -0.120. The first-order chi connectivity index (χ1) is 7.67. The third kappa shape index (κ3) is 2.96. The van der Waals surface area contributed by atoms with Gasteiger partial charge in [0.05, 0.1) is 18.8 Å². The predicted molar refractivity (Wildman–Crippen MR) is 64.2 cm³/mol. The first-order valence-corrected chi connectivity index (χ1v) is 6.66. The molecule has 0 aromatic heterocycles. The van der Waals surface area contributed by atoms with Crippen molar-refractivity contribution < 1.29 is 10.2 Å². The fourth-order valence-electron chi connectivity index (χ4n) is 2.99. The van der Waals surface area contributed by atoms with Crippen LogP contribution < -0.4 is 5.32 Å². The van der Waals surface area contributed by atoms with Gasteiger partial charge in [0.1, 0.15) is 0 Å². The van der Waals surface area contributed by atoms with E-state index in [0.29, 0.717) is 6.04 Å². The molecule has 2 atom stereocenters. The van der Waals surface area contributed by atoms with Crippen molar-refractivity contribution >= 4 is 0 Å². The van der Waals surface area contributed by atoms with Crippen LogP contribution in [0.5, 0.6) is 0 Å². The molecule has 2 saturated carbocycles. The fraction of sp³-hybridized carbons (Fsp3) is 1.00. The molecule has 0 amide bonds. The molecular formula is C13H25NO2. The standard InChI is InChI=1S/C13H25NO2/c1-13(8-15,9-16)14-12-4-2-3-11(7-12)10-5-6-10/h10-12,14-16H,2-9H2,1H3. The van der Waals surface area contributed by atoms with E-state index in [2.05, 4.69) is 5.32 Å². The van der Waals surface area contributed by atoms with Gasteiger partial charge in [0, 0.05) is 6.04 Å². The van der Waals surface area contributed by atoms with Gasteiger partial charge in [0.25, 0.3) is 0 Å². The highest BCUT2D eigenvalue weighted by Gasteiger charge is 2.36. The highest BCUT2D eigenvalue weighted by molar-refractivity contribution is 4.92. The molecule has 0 aliphatic heterocycles. The largest absolute Gasteiger partial charge is 0.394 e. The Morgan fingerprint density at radius 2 is 1.75 bits per heavy atom. The molecule has 2 rings (SSSR count). The number of nitrogens with one attached hydrogen (secondary N) is 1. The highest BCUT2D eigenvalue weighted by Crippen LogP contribution is 2.44. The first-order valence-electron chi connectivity index (χ1n) is 6.66. The number of hydrogen-bond donors (Lipinski definition) is 3. The Balaban J connectivity index is 1.84. The topological polar surface area (TPSA) is 52.5 Å². The van der Waals surface area contributed by atoms with Crippen LogP contribution in [0, 0.1) is 11.8 Å². The van der Waals surface area contributed by atoms with Gasteiger partial charge < -0.3 is 15.5 Å². The molecule has 0 heterocycles. The number of aliphatic hydroxyl groups is 2. The van der Waals surface area contributed by atoms with Crippen molar-refractivity contribution in [2.75, 3.05) is 13.2 Å². The quantitative estimate of drug-likeness (QED) is 0.663. The van der Waals surface area contributed by atoms with E-state index in [0.717, 1.165) is 11.8 Å². The van der Waals surface area contributed by atoms with E-state index in [1.807, 2.05) is 6.92 Å². The second kappa shape index (κ2) is 5.03. The van der Waals surface area contributed by atoms with Gasteiger partial charge in [-0.2, -0.15) is 0 Å². The Bertz CT molecular complexity index is 224. The van der Waals surface area contributed by atoms with Crippen LogP contribution in [0.2, 0.25) is 0 Å². The molecule has 3 heteroatoms. The molecule has 0 radical (unpaired) electrons. The lowest BCUT2D eigenvalue weighted by atomic mass is 9.82. The van der Waals surface area contributed by atoms with Crippen molar-refractivity contribution in [3.05, 3.63) is 0 Å². The van der Waals surface area contributed by atoms with Crippen LogP contribution in [0.4, 0.5) is 0 Å². The van der Waals surface area contributed by atoms with Gasteiger partial charge in [0.15, 0.2) is 0 Å². The van der Waals surface area contributed by atoms with Gasteiger partial charge in [-0.1, -0.05) is 12.8 Å². The van der Waals surface area contributed by atoms with Gasteiger partial charge >= 0.3 is 0 Å². The average Bonchev–Trinajstić information content (AvgIpc) is 3.13. The molecule has 2 aliphatic rings. The third-order valence-corrected chi connectivity index (χ3v) is 4.25. The smallest absolute Gasteiger partial charge is 0.0633 e. The van der Waals surface area contributed by atoms with Crippen molar-refractivity contribution in [3.63, 3.8) is 0 Å². The molecule has 0 saturated heterocycles. The zero-order valence-electron chi connectivity index (χ0n) is 10.3. The lowest BCUT2D eigenvalue weighted by molar-refractivity contribution is 0.0824. The van der Waals surface area contributed by atoms with Crippen LogP contribution in [-0.4, -0.2) is 35.0 Å². The normalized spacial score (nSPS) is 31.7. The first kappa shape index (κ1) is 12.3. The minimum Gasteiger partial charge on any atom is -0.394 e. The van der Waals surface area contributed by atoms with Crippen LogP contribution in [0.25, 0.3) is 0 Å². The van der Waals surface area contributed by atoms with Crippen LogP contribution >= 0.6 is 0 Å². The third-order valence-electron chi connectivity index (χ3n) is 4.25. The van der Waals surface area contributed by atoms with E-state index in [1.165, 1.54) is 38.5 Å². The van der Waals surface area contributed by atoms with Gasteiger partial charge in [-0.3, -0.25) is 0 Å². The van der Waals surface area contributed by atoms with E-state index in [4.69, 9.17) is 0 Å². The molecule has 3 N–H and O–H groups in total. The minimum absolute atomic E-state index is 0.00803. The molecule has 0 spiro atoms. The van der Waals surface area contributed by atoms with Crippen LogP contribution in [0.3, 0.4) is 0 Å². The zero-order valence-corrected chi connectivity index (χ0v) is 10.3. The van der Waals surface area contributed by atoms with E-state index >= 15 is 0 Å². The molecule has 16 heavy (non-hydrogen) atoms. The van der Waals surface area contributed by atoms with Gasteiger partial charge in [-0.15, -0.1) is 0 Å². The van der Waals surface area contributed by atoms with Crippen LogP contribution in [-0.2, 0) is 0 Å². The minimum atomic E-state index is -0.504. The zero-order chi connectivity index (χ0) is 11.6. The fourth-order valence-corrected chi connectivity index (χ4v) is 2.99. The molecule has 3 nitrogen and oxygen atoms in total. The summed E-state index contributed by atoms with van der Waals surface area (Å²) in [5, 5.41) is 22.0. The summed E-state index contributed by atoms with van der Waals surface area (Å²) in [5.41, 5.74) is -0.504. The van der Waals surface area contributed by atoms with Crippen molar-refractivity contribution in [2.24, 2.45) is 11.8 Å². The SMILES string of the molecule is CC(CO)(CO)NC1CCCC(C2CC2)C1. The summed E-state index contributed by atoms with van der Waals surface area (Å²) in [6, 6.07) is 0.489. The summed E-state index contributed by atoms with van der Waals surface area (Å²) < 4.78 is 0. The molecule has 0 bridgehead atoms. The van der Waals surface area contributed by atoms with E-state index < -0.39 is 5.54 Å². The molecule has 2 fully saturated rings. The second-order valence-electron chi connectivity index (χ2n) is 5.98. The summed E-state index contributed by atoms with van der Waals surface area (Å²) in [4.78, 5) is 0. The number of rotatable bonds is 5. The summed E-state index contributed by atoms with van der Waals surface area (Å²) in [7, 11) is 0. The maximum absolute atomic E-state index is 9.28. The Labute approximate surface area is 98.2 Å². The van der Waals surface area contributed by atoms with Gasteiger partial charge in [-0.05, 0) is 44.4 Å². The summed E-state index contributed by atoms with van der Waals surface area (Å²) >= 11 is 0. The Morgan fingerprint density at radius 3 is 2.31 bits per heavy atom. The second-order valence-corrected chi connectivity index (χ2v) is 5.98. The maximum Gasteiger partial charge on any atom is 0.0633 e. The van der Waals surface area contributed by atoms with Gasteiger partial charge in [0.2, 0.25) is 0 Å². The van der Waals surface area contributed by atoms with Crippen molar-refractivity contribution in [1.29, 1.82) is 0 Å². The van der Waals surface area contributed by atoms with E-state index in [1.54, 1.807) is 0 Å². The van der Waals surface area contributed by atoms with Crippen molar-refractivity contribution in [1.82, 2.24) is 5.32 Å². The molecule has 0 aromatic carbocycles. The molecule has 0 aromatic rings. The van der Waals surface area contributed by atoms with Crippen molar-refractivity contribution in [3.8, 4) is 0 Å². The predicted octanol–water partition coefficient (Wildman–Crippen LogP) is 1.29. The van der Waals surface area contributed by atoms with E-state index in [9.17, 15) is 10.2 Å². The molecule has 2 unspecified atom stereocenters. The number of aliphatic hydroxyl groups excluding tert-OH is 2. The lowest BCUT2D eigenvalue weighted by Gasteiger charge is -2.37. The lowest BCUT2D eigenvalue weighted by Crippen LogP contribution is -2.54. The maximum atomic E-state index is 9.28. The van der Waals surface area contributed by atoms with Crippen molar-refractivity contribution in [2.45, 2.75) is 57.0 Å². The monoisotopic (exact) mass is 227 g/mol. The Kier molecular flexibility index (Phi) is 3.88. The van der Waals surface area contributed by atoms with Crippen LogP contribution in [0.1, 0.15) is 45.4 Å². The summed E-state index contributed by atoms with van der Waals surface area (Å²) in [6.45, 7) is 1.91. The highest BCUT2D eigenvalue weighted by atomic mass is 16.3. The van der Waals surface area contributed by atoms with Crippen LogP contribution in [0.15, 0.2) is 0 Å². The van der Waals surface area contributed by atoms with Gasteiger partial charge in [-0.25, -0.2) is 0 Å². The molecule has 2 aliphatic carbocycles. The average molecular weight is 227 g/mol.